The predicted octanol–water partition coefficient (Wildman–Crippen LogP) is 6.05. The van der Waals surface area contributed by atoms with E-state index in [0.717, 1.165) is 0 Å². The number of carbonyl (C=O) groups is 4. The Morgan fingerprint density at radius 1 is 0.804 bits per heavy atom. The summed E-state index contributed by atoms with van der Waals surface area (Å²) in [5.41, 5.74) is 0.535. The summed E-state index contributed by atoms with van der Waals surface area (Å²) < 4.78 is 17.7. The Kier molecular flexibility index (Phi) is 11.4. The molecule has 0 saturated heterocycles. The first-order chi connectivity index (χ1) is 27.0. The van der Waals surface area contributed by atoms with Gasteiger partial charge < -0.3 is 45.5 Å². The fourth-order valence-corrected chi connectivity index (χ4v) is 6.40. The van der Waals surface area contributed by atoms with Crippen molar-refractivity contribution < 1.29 is 48.7 Å². The van der Waals surface area contributed by atoms with Crippen molar-refractivity contribution in [3.05, 3.63) is 112 Å². The Bertz CT molecular complexity index is 2270. The lowest BCUT2D eigenvalue weighted by molar-refractivity contribution is -0.124. The number of fused-ring (bicyclic) bond motifs is 6. The van der Waals surface area contributed by atoms with Gasteiger partial charge in [-0.2, -0.15) is 5.26 Å². The molecule has 284 valence electrons. The van der Waals surface area contributed by atoms with Crippen LogP contribution in [0.3, 0.4) is 0 Å². The van der Waals surface area contributed by atoms with E-state index < -0.39 is 29.0 Å². The monoisotopic (exact) mass is 756 g/mol. The number of hydrogen-bond donors (Lipinski definition) is 6. The fourth-order valence-electron chi connectivity index (χ4n) is 6.40. The number of nitriles is 1. The second-order valence-electron chi connectivity index (χ2n) is 12.9. The van der Waals surface area contributed by atoms with Gasteiger partial charge in [0, 0.05) is 59.5 Å². The molecule has 0 saturated carbocycles. The van der Waals surface area contributed by atoms with E-state index >= 15 is 0 Å². The van der Waals surface area contributed by atoms with E-state index in [2.05, 4.69) is 21.9 Å². The molecule has 0 fully saturated rings. The van der Waals surface area contributed by atoms with E-state index in [9.17, 15) is 39.8 Å². The highest BCUT2D eigenvalue weighted by molar-refractivity contribution is 6.07. The van der Waals surface area contributed by atoms with Gasteiger partial charge in [0.25, 0.3) is 5.91 Å². The van der Waals surface area contributed by atoms with Gasteiger partial charge in [-0.05, 0) is 79.9 Å². The summed E-state index contributed by atoms with van der Waals surface area (Å²) in [7, 11) is 0. The van der Waals surface area contributed by atoms with Crippen molar-refractivity contribution in [2.24, 2.45) is 0 Å². The zero-order valence-electron chi connectivity index (χ0n) is 29.9. The number of unbranched alkanes of at least 4 members (excludes halogenated alkanes) is 2. The minimum Gasteiger partial charge on any atom is -0.511 e. The molecule has 2 aliphatic rings. The highest BCUT2D eigenvalue weighted by atomic mass is 16.6. The Morgan fingerprint density at radius 2 is 1.46 bits per heavy atom. The molecule has 14 nitrogen and oxygen atoms in total. The topological polar surface area (TPSA) is 217 Å². The number of phenolic OH excluding ortho intramolecular Hbond substituents is 2. The molecule has 2 heterocycles. The van der Waals surface area contributed by atoms with Gasteiger partial charge in [0.2, 0.25) is 11.8 Å². The number of anilines is 2. The molecule has 0 atom stereocenters. The number of aliphatic hydroxyl groups is 1. The van der Waals surface area contributed by atoms with E-state index in [1.807, 2.05) is 0 Å². The van der Waals surface area contributed by atoms with Gasteiger partial charge in [-0.25, -0.2) is 4.79 Å². The van der Waals surface area contributed by atoms with Crippen LogP contribution in [0.4, 0.5) is 11.4 Å². The molecule has 6 rings (SSSR count). The number of amides is 3. The molecular formula is C42H36N4O10. The minimum atomic E-state index is -1.43. The summed E-state index contributed by atoms with van der Waals surface area (Å²) in [4.78, 5) is 50.8. The molecule has 0 aromatic heterocycles. The molecule has 56 heavy (non-hydrogen) atoms. The van der Waals surface area contributed by atoms with E-state index in [1.165, 1.54) is 30.3 Å². The van der Waals surface area contributed by atoms with Crippen LogP contribution in [0.15, 0.2) is 90.2 Å². The minimum absolute atomic E-state index is 0.0233. The standard InChI is InChI=1S/C42H36N4O10/c1-2-3-7-35(49)31(23-43)40(52)46-25-9-14-29(15-10-25)54-19-6-4-5-8-38(50)44-24-39(51)45-26-11-16-32-30(20-26)41(53)56-42(32)33-17-12-27(47)21-36(33)55-37-22-28(48)13-18-34(37)42/h1,9-18,20-22,47-49H,3-8,19,24H2,(H,44,50)(H,45,51)(H,46,52)/b35-31-. The fraction of sp³-hybridized carbons (Fsp3) is 0.214. The van der Waals surface area contributed by atoms with E-state index in [-0.39, 0.29) is 66.0 Å². The van der Waals surface area contributed by atoms with Crippen LogP contribution in [0.2, 0.25) is 0 Å². The average Bonchev–Trinajstić information content (AvgIpc) is 3.46. The van der Waals surface area contributed by atoms with Crippen LogP contribution in [0, 0.1) is 23.7 Å². The van der Waals surface area contributed by atoms with Gasteiger partial charge >= 0.3 is 5.97 Å². The number of aliphatic hydroxyl groups excluding tert-OH is 1. The Balaban J connectivity index is 0.940. The van der Waals surface area contributed by atoms with Crippen molar-refractivity contribution in [3.8, 4) is 47.2 Å². The number of ether oxygens (including phenoxy) is 3. The SMILES string of the molecule is C#CCC/C(O)=C(\C#N)C(=O)Nc1ccc(OCCCCCC(=O)NCC(=O)Nc2ccc3c(c2)C(=O)OC32c3ccc(O)cc3Oc3cc(O)ccc32)cc1. The van der Waals surface area contributed by atoms with Crippen molar-refractivity contribution in [2.45, 2.75) is 44.1 Å². The first-order valence-electron chi connectivity index (χ1n) is 17.6. The number of nitrogens with one attached hydrogen (secondary N) is 3. The van der Waals surface area contributed by atoms with Crippen LogP contribution in [-0.4, -0.2) is 52.2 Å². The predicted molar refractivity (Wildman–Crippen MR) is 202 cm³/mol. The highest BCUT2D eigenvalue weighted by Gasteiger charge is 2.53. The van der Waals surface area contributed by atoms with E-state index in [1.54, 1.807) is 54.6 Å². The molecule has 0 unspecified atom stereocenters. The largest absolute Gasteiger partial charge is 0.511 e. The van der Waals surface area contributed by atoms with Crippen LogP contribution in [-0.2, 0) is 24.7 Å². The number of benzene rings is 4. The molecule has 0 aliphatic carbocycles. The molecule has 1 spiro atoms. The summed E-state index contributed by atoms with van der Waals surface area (Å²) in [5.74, 6) is 0.721. The van der Waals surface area contributed by atoms with Gasteiger partial charge in [-0.15, -0.1) is 12.3 Å². The highest BCUT2D eigenvalue weighted by Crippen LogP contribution is 2.57. The summed E-state index contributed by atoms with van der Waals surface area (Å²) in [6.45, 7) is 0.103. The number of hydrogen-bond acceptors (Lipinski definition) is 11. The van der Waals surface area contributed by atoms with E-state index in [4.69, 9.17) is 20.6 Å². The van der Waals surface area contributed by atoms with Crippen LogP contribution in [0.5, 0.6) is 28.7 Å². The molecular weight excluding hydrogens is 720 g/mol. The smallest absolute Gasteiger partial charge is 0.340 e. The maximum atomic E-state index is 13.3. The van der Waals surface area contributed by atoms with E-state index in [0.29, 0.717) is 59.7 Å². The second kappa shape index (κ2) is 16.7. The molecule has 14 heteroatoms. The third-order valence-corrected chi connectivity index (χ3v) is 9.07. The Labute approximate surface area is 321 Å². The number of aromatic hydroxyl groups is 2. The lowest BCUT2D eigenvalue weighted by Gasteiger charge is -2.36. The van der Waals surface area contributed by atoms with Gasteiger partial charge in [0.15, 0.2) is 11.2 Å². The summed E-state index contributed by atoms with van der Waals surface area (Å²) in [5, 5.41) is 47.2. The zero-order chi connectivity index (χ0) is 39.8. The molecule has 4 aromatic carbocycles. The summed E-state index contributed by atoms with van der Waals surface area (Å²) in [6, 6.07) is 21.9. The van der Waals surface area contributed by atoms with Crippen molar-refractivity contribution in [1.29, 1.82) is 5.26 Å². The molecule has 0 bridgehead atoms. The van der Waals surface area contributed by atoms with Gasteiger partial charge in [-0.3, -0.25) is 14.4 Å². The second-order valence-corrected chi connectivity index (χ2v) is 12.9. The molecule has 6 N–H and O–H groups in total. The number of esters is 1. The van der Waals surface area contributed by atoms with Crippen molar-refractivity contribution in [3.63, 3.8) is 0 Å². The average molecular weight is 757 g/mol. The van der Waals surface area contributed by atoms with Crippen molar-refractivity contribution in [1.82, 2.24) is 5.32 Å². The lowest BCUT2D eigenvalue weighted by Crippen LogP contribution is -2.33. The number of phenols is 2. The van der Waals surface area contributed by atoms with Crippen molar-refractivity contribution in [2.75, 3.05) is 23.8 Å². The quantitative estimate of drug-likeness (QED) is 0.0217. The zero-order valence-corrected chi connectivity index (χ0v) is 29.9. The summed E-state index contributed by atoms with van der Waals surface area (Å²) >= 11 is 0. The Morgan fingerprint density at radius 3 is 2.12 bits per heavy atom. The summed E-state index contributed by atoms with van der Waals surface area (Å²) in [6.07, 6.45) is 7.50. The number of allylic oxidation sites excluding steroid dienone is 1. The van der Waals surface area contributed by atoms with Gasteiger partial charge in [-0.1, -0.05) is 6.07 Å². The van der Waals surface area contributed by atoms with Crippen LogP contribution in [0.1, 0.15) is 65.6 Å². The van der Waals surface area contributed by atoms with Gasteiger partial charge in [0.1, 0.15) is 40.6 Å². The normalized spacial score (nSPS) is 13.3. The molecule has 2 aliphatic heterocycles. The number of carbonyl (C=O) groups excluding carboxylic acids is 4. The third kappa shape index (κ3) is 8.20. The number of rotatable bonds is 14. The maximum absolute atomic E-state index is 13.3. The van der Waals surface area contributed by atoms with Crippen molar-refractivity contribution >= 4 is 35.1 Å². The van der Waals surface area contributed by atoms with Crippen LogP contribution in [0.25, 0.3) is 0 Å². The number of nitrogens with zero attached hydrogens (tertiary/aromatic N) is 1. The molecule has 3 amide bonds. The molecule has 4 aromatic rings. The van der Waals surface area contributed by atoms with Gasteiger partial charge in [0.05, 0.1) is 18.7 Å². The number of terminal acetylenes is 1. The Hall–Kier alpha value is -7.45. The first kappa shape index (κ1) is 38.3. The van der Waals surface area contributed by atoms with Crippen LogP contribution < -0.4 is 25.4 Å². The lowest BCUT2D eigenvalue weighted by atomic mass is 9.77. The van der Waals surface area contributed by atoms with Crippen LogP contribution >= 0.6 is 0 Å². The maximum Gasteiger partial charge on any atom is 0.340 e. The third-order valence-electron chi connectivity index (χ3n) is 9.07. The first-order valence-corrected chi connectivity index (χ1v) is 17.6. The molecule has 0 radical (unpaired) electrons.